The van der Waals surface area contributed by atoms with Crippen molar-refractivity contribution in [2.45, 2.75) is 26.7 Å². The normalized spacial score (nSPS) is 19.1. The summed E-state index contributed by atoms with van der Waals surface area (Å²) in [6, 6.07) is 1.83. The highest BCUT2D eigenvalue weighted by molar-refractivity contribution is 5.52. The molecular formula is C11H20N6. The second-order valence-corrected chi connectivity index (χ2v) is 5.30. The van der Waals surface area contributed by atoms with Crippen LogP contribution in [0.2, 0.25) is 0 Å². The van der Waals surface area contributed by atoms with Gasteiger partial charge in [0.1, 0.15) is 11.6 Å². The van der Waals surface area contributed by atoms with Crippen molar-refractivity contribution in [3.8, 4) is 0 Å². The van der Waals surface area contributed by atoms with Crippen LogP contribution in [0.15, 0.2) is 6.07 Å². The topological polar surface area (TPSA) is 93.1 Å². The average molecular weight is 236 g/mol. The van der Waals surface area contributed by atoms with E-state index in [2.05, 4.69) is 34.1 Å². The molecule has 2 heterocycles. The maximum Gasteiger partial charge on any atom is 0.223 e. The zero-order valence-corrected chi connectivity index (χ0v) is 10.4. The molecular weight excluding hydrogens is 216 g/mol. The Labute approximate surface area is 101 Å². The summed E-state index contributed by atoms with van der Waals surface area (Å²) in [6.07, 6.45) is 2.41. The lowest BCUT2D eigenvalue weighted by molar-refractivity contribution is 0.292. The van der Waals surface area contributed by atoms with E-state index in [1.54, 1.807) is 0 Å². The van der Waals surface area contributed by atoms with Gasteiger partial charge in [-0.1, -0.05) is 13.8 Å². The molecule has 0 aromatic carbocycles. The van der Waals surface area contributed by atoms with Gasteiger partial charge in [-0.15, -0.1) is 0 Å². The molecule has 0 saturated carbocycles. The summed E-state index contributed by atoms with van der Waals surface area (Å²) in [4.78, 5) is 10.5. The predicted octanol–water partition coefficient (Wildman–Crippen LogP) is 0.971. The SMILES string of the molecule is CC1(C)CCCN(c2cc(NN)nc(N)n2)C1. The maximum atomic E-state index is 5.66. The first kappa shape index (κ1) is 11.9. The van der Waals surface area contributed by atoms with Gasteiger partial charge in [-0.3, -0.25) is 0 Å². The van der Waals surface area contributed by atoms with E-state index in [0.29, 0.717) is 11.2 Å². The van der Waals surface area contributed by atoms with Crippen LogP contribution in [0.1, 0.15) is 26.7 Å². The molecule has 0 spiro atoms. The third-order valence-electron chi connectivity index (χ3n) is 3.10. The number of nitrogens with two attached hydrogens (primary N) is 2. The summed E-state index contributed by atoms with van der Waals surface area (Å²) in [5.41, 5.74) is 8.49. The molecule has 1 aromatic rings. The first-order chi connectivity index (χ1) is 8.00. The summed E-state index contributed by atoms with van der Waals surface area (Å²) in [5.74, 6) is 7.00. The molecule has 6 nitrogen and oxygen atoms in total. The van der Waals surface area contributed by atoms with Gasteiger partial charge in [-0.05, 0) is 18.3 Å². The van der Waals surface area contributed by atoms with Crippen molar-refractivity contribution in [1.29, 1.82) is 0 Å². The average Bonchev–Trinajstić information content (AvgIpc) is 2.27. The van der Waals surface area contributed by atoms with Crippen molar-refractivity contribution >= 4 is 17.6 Å². The number of aromatic nitrogens is 2. The number of nitrogen functional groups attached to an aromatic ring is 2. The number of piperidine rings is 1. The fourth-order valence-electron chi connectivity index (χ4n) is 2.31. The summed E-state index contributed by atoms with van der Waals surface area (Å²) < 4.78 is 0. The Bertz CT molecular complexity index is 403. The zero-order chi connectivity index (χ0) is 12.5. The van der Waals surface area contributed by atoms with E-state index in [9.17, 15) is 0 Å². The number of anilines is 3. The largest absolute Gasteiger partial charge is 0.368 e. The molecule has 0 radical (unpaired) electrons. The molecule has 1 aliphatic rings. The number of hydrazine groups is 1. The molecule has 6 heteroatoms. The van der Waals surface area contributed by atoms with Gasteiger partial charge < -0.3 is 16.1 Å². The van der Waals surface area contributed by atoms with Gasteiger partial charge >= 0.3 is 0 Å². The molecule has 0 bridgehead atoms. The summed E-state index contributed by atoms with van der Waals surface area (Å²) in [5, 5.41) is 0. The Morgan fingerprint density at radius 2 is 2.18 bits per heavy atom. The number of hydrogen-bond donors (Lipinski definition) is 3. The fraction of sp³-hybridized carbons (Fsp3) is 0.636. The minimum atomic E-state index is 0.249. The lowest BCUT2D eigenvalue weighted by Crippen LogP contribution is -2.40. The fourth-order valence-corrected chi connectivity index (χ4v) is 2.31. The van der Waals surface area contributed by atoms with Crippen LogP contribution in [-0.2, 0) is 0 Å². The molecule has 1 fully saturated rings. The van der Waals surface area contributed by atoms with Crippen LogP contribution in [0.4, 0.5) is 17.6 Å². The number of hydrogen-bond acceptors (Lipinski definition) is 6. The molecule has 1 aliphatic heterocycles. The minimum Gasteiger partial charge on any atom is -0.368 e. The van der Waals surface area contributed by atoms with E-state index in [-0.39, 0.29) is 5.95 Å². The van der Waals surface area contributed by atoms with Gasteiger partial charge in [0.05, 0.1) is 0 Å². The Balaban J connectivity index is 2.24. The Morgan fingerprint density at radius 1 is 1.41 bits per heavy atom. The highest BCUT2D eigenvalue weighted by Gasteiger charge is 2.27. The molecule has 1 aromatic heterocycles. The molecule has 1 saturated heterocycles. The Kier molecular flexibility index (Phi) is 3.06. The van der Waals surface area contributed by atoms with Crippen molar-refractivity contribution < 1.29 is 0 Å². The molecule has 0 unspecified atom stereocenters. The molecule has 0 aliphatic carbocycles. The standard InChI is InChI=1S/C11H20N6/c1-11(2)4-3-5-17(7-11)9-6-8(16-13)14-10(12)15-9/h6H,3-5,7,13H2,1-2H3,(H3,12,14,15,16). The van der Waals surface area contributed by atoms with Crippen LogP contribution in [0, 0.1) is 5.41 Å². The van der Waals surface area contributed by atoms with Crippen LogP contribution >= 0.6 is 0 Å². The Morgan fingerprint density at radius 3 is 2.82 bits per heavy atom. The second kappa shape index (κ2) is 4.37. The summed E-state index contributed by atoms with van der Waals surface area (Å²) >= 11 is 0. The third-order valence-corrected chi connectivity index (χ3v) is 3.10. The van der Waals surface area contributed by atoms with Gasteiger partial charge in [0.2, 0.25) is 5.95 Å². The molecule has 17 heavy (non-hydrogen) atoms. The molecule has 0 amide bonds. The van der Waals surface area contributed by atoms with Crippen LogP contribution in [0.3, 0.4) is 0 Å². The summed E-state index contributed by atoms with van der Waals surface area (Å²) in [6.45, 7) is 6.52. The molecule has 0 atom stereocenters. The van der Waals surface area contributed by atoms with Crippen molar-refractivity contribution in [2.75, 3.05) is 29.1 Å². The van der Waals surface area contributed by atoms with Gasteiger partial charge in [0, 0.05) is 19.2 Å². The number of nitrogens with zero attached hydrogens (tertiary/aromatic N) is 3. The lowest BCUT2D eigenvalue weighted by atomic mass is 9.84. The summed E-state index contributed by atoms with van der Waals surface area (Å²) in [7, 11) is 0. The van der Waals surface area contributed by atoms with Crippen LogP contribution in [0.5, 0.6) is 0 Å². The minimum absolute atomic E-state index is 0.249. The van der Waals surface area contributed by atoms with E-state index >= 15 is 0 Å². The first-order valence-electron chi connectivity index (χ1n) is 5.86. The van der Waals surface area contributed by atoms with Gasteiger partial charge in [0.25, 0.3) is 0 Å². The van der Waals surface area contributed by atoms with E-state index in [4.69, 9.17) is 11.6 Å². The molecule has 5 N–H and O–H groups in total. The van der Waals surface area contributed by atoms with Crippen molar-refractivity contribution in [3.63, 3.8) is 0 Å². The first-order valence-corrected chi connectivity index (χ1v) is 5.86. The number of rotatable bonds is 2. The van der Waals surface area contributed by atoms with Crippen molar-refractivity contribution in [3.05, 3.63) is 6.07 Å². The van der Waals surface area contributed by atoms with Gasteiger partial charge in [-0.2, -0.15) is 9.97 Å². The maximum absolute atomic E-state index is 5.66. The van der Waals surface area contributed by atoms with Crippen LogP contribution < -0.4 is 21.9 Å². The van der Waals surface area contributed by atoms with E-state index in [1.807, 2.05) is 6.07 Å². The smallest absolute Gasteiger partial charge is 0.223 e. The third kappa shape index (κ3) is 2.76. The molecule has 94 valence electrons. The van der Waals surface area contributed by atoms with E-state index in [0.717, 1.165) is 18.9 Å². The highest BCUT2D eigenvalue weighted by atomic mass is 15.3. The lowest BCUT2D eigenvalue weighted by Gasteiger charge is -2.38. The van der Waals surface area contributed by atoms with Crippen LogP contribution in [-0.4, -0.2) is 23.1 Å². The predicted molar refractivity (Wildman–Crippen MR) is 69.5 cm³/mol. The Hall–Kier alpha value is -1.56. The van der Waals surface area contributed by atoms with Crippen molar-refractivity contribution in [2.24, 2.45) is 11.3 Å². The monoisotopic (exact) mass is 236 g/mol. The zero-order valence-electron chi connectivity index (χ0n) is 10.4. The van der Waals surface area contributed by atoms with E-state index in [1.165, 1.54) is 12.8 Å². The van der Waals surface area contributed by atoms with Crippen molar-refractivity contribution in [1.82, 2.24) is 9.97 Å². The van der Waals surface area contributed by atoms with Gasteiger partial charge in [0.15, 0.2) is 0 Å². The molecule has 2 rings (SSSR count). The number of nitrogens with one attached hydrogen (secondary N) is 1. The van der Waals surface area contributed by atoms with Gasteiger partial charge in [-0.25, -0.2) is 5.84 Å². The van der Waals surface area contributed by atoms with E-state index < -0.39 is 0 Å². The highest BCUT2D eigenvalue weighted by Crippen LogP contribution is 2.31. The second-order valence-electron chi connectivity index (χ2n) is 5.30. The van der Waals surface area contributed by atoms with Crippen LogP contribution in [0.25, 0.3) is 0 Å². The quantitative estimate of drug-likeness (QED) is 0.523.